The summed E-state index contributed by atoms with van der Waals surface area (Å²) in [7, 11) is -4.12. The Labute approximate surface area is 126 Å². The molecule has 2 aromatic rings. The van der Waals surface area contributed by atoms with Gasteiger partial charge in [-0.3, -0.25) is 4.72 Å². The van der Waals surface area contributed by atoms with Crippen molar-refractivity contribution in [3.63, 3.8) is 0 Å². The molecule has 0 saturated heterocycles. The van der Waals surface area contributed by atoms with Crippen LogP contribution in [-0.2, 0) is 10.0 Å². The summed E-state index contributed by atoms with van der Waals surface area (Å²) in [6.45, 7) is 5.03. The standard InChI is InChI=1S/C15H14F3NO2S/c1-8-6-9(2)15(10(3)7-8)22(20,21)19-12-5-4-11(16)13(17)14(12)18/h4-7,19H,1-3H3. The van der Waals surface area contributed by atoms with Crippen LogP contribution in [0.2, 0.25) is 0 Å². The Kier molecular flexibility index (Phi) is 4.19. The molecule has 2 aromatic carbocycles. The Balaban J connectivity index is 2.52. The Morgan fingerprint density at radius 2 is 1.45 bits per heavy atom. The molecule has 0 heterocycles. The van der Waals surface area contributed by atoms with E-state index >= 15 is 0 Å². The Morgan fingerprint density at radius 1 is 0.909 bits per heavy atom. The number of aryl methyl sites for hydroxylation is 3. The van der Waals surface area contributed by atoms with Crippen molar-refractivity contribution in [2.45, 2.75) is 25.7 Å². The first-order chi connectivity index (χ1) is 10.1. The maximum Gasteiger partial charge on any atom is 0.262 e. The summed E-state index contributed by atoms with van der Waals surface area (Å²) in [4.78, 5) is -0.0118. The van der Waals surface area contributed by atoms with Crippen LogP contribution in [0.25, 0.3) is 0 Å². The van der Waals surface area contributed by atoms with Crippen LogP contribution in [0.5, 0.6) is 0 Å². The average Bonchev–Trinajstić information content (AvgIpc) is 2.38. The molecule has 7 heteroatoms. The molecule has 0 aliphatic rings. The molecule has 1 N–H and O–H groups in total. The van der Waals surface area contributed by atoms with Gasteiger partial charge in [0.1, 0.15) is 0 Å². The molecule has 0 spiro atoms. The second-order valence-corrected chi connectivity index (χ2v) is 6.68. The van der Waals surface area contributed by atoms with Crippen molar-refractivity contribution in [3.05, 3.63) is 58.4 Å². The lowest BCUT2D eigenvalue weighted by Gasteiger charge is -2.14. The van der Waals surface area contributed by atoms with Gasteiger partial charge in [0, 0.05) is 0 Å². The highest BCUT2D eigenvalue weighted by atomic mass is 32.2. The van der Waals surface area contributed by atoms with Crippen LogP contribution in [0, 0.1) is 38.2 Å². The lowest BCUT2D eigenvalue weighted by atomic mass is 10.1. The van der Waals surface area contributed by atoms with Crippen LogP contribution in [0.3, 0.4) is 0 Å². The largest absolute Gasteiger partial charge is 0.277 e. The highest BCUT2D eigenvalue weighted by molar-refractivity contribution is 7.92. The minimum absolute atomic E-state index is 0.0118. The average molecular weight is 329 g/mol. The van der Waals surface area contributed by atoms with E-state index in [1.807, 2.05) is 11.6 Å². The van der Waals surface area contributed by atoms with Crippen molar-refractivity contribution in [1.29, 1.82) is 0 Å². The Morgan fingerprint density at radius 3 is 2.00 bits per heavy atom. The van der Waals surface area contributed by atoms with Crippen LogP contribution in [0.1, 0.15) is 16.7 Å². The summed E-state index contributed by atoms with van der Waals surface area (Å²) in [6.07, 6.45) is 0. The number of hydrogen-bond donors (Lipinski definition) is 1. The fraction of sp³-hybridized carbons (Fsp3) is 0.200. The zero-order valence-corrected chi connectivity index (χ0v) is 13.0. The molecule has 118 valence electrons. The summed E-state index contributed by atoms with van der Waals surface area (Å²) < 4.78 is 66.5. The van der Waals surface area contributed by atoms with Crippen molar-refractivity contribution in [3.8, 4) is 0 Å². The third kappa shape index (κ3) is 2.94. The molecule has 0 radical (unpaired) electrons. The van der Waals surface area contributed by atoms with E-state index in [0.717, 1.165) is 11.6 Å². The molecule has 2 rings (SSSR count). The van der Waals surface area contributed by atoms with Crippen LogP contribution >= 0.6 is 0 Å². The second kappa shape index (κ2) is 5.64. The molecule has 0 unspecified atom stereocenters. The Bertz CT molecular complexity index is 825. The van der Waals surface area contributed by atoms with Crippen molar-refractivity contribution in [1.82, 2.24) is 0 Å². The molecule has 0 saturated carbocycles. The van der Waals surface area contributed by atoms with E-state index < -0.39 is 33.2 Å². The van der Waals surface area contributed by atoms with Gasteiger partial charge in [-0.2, -0.15) is 0 Å². The van der Waals surface area contributed by atoms with E-state index in [9.17, 15) is 21.6 Å². The zero-order valence-electron chi connectivity index (χ0n) is 12.2. The minimum Gasteiger partial charge on any atom is -0.277 e. The van der Waals surface area contributed by atoms with Gasteiger partial charge in [-0.05, 0) is 44.0 Å². The maximum absolute atomic E-state index is 13.6. The molecule has 0 aliphatic heterocycles. The van der Waals surface area contributed by atoms with E-state index in [0.29, 0.717) is 17.2 Å². The van der Waals surface area contributed by atoms with Gasteiger partial charge in [0.2, 0.25) is 0 Å². The molecule has 0 amide bonds. The number of hydrogen-bond acceptors (Lipinski definition) is 2. The molecule has 0 atom stereocenters. The third-order valence-electron chi connectivity index (χ3n) is 3.15. The lowest BCUT2D eigenvalue weighted by molar-refractivity contribution is 0.449. The van der Waals surface area contributed by atoms with Gasteiger partial charge in [0.05, 0.1) is 10.6 Å². The van der Waals surface area contributed by atoms with Crippen LogP contribution in [0.4, 0.5) is 18.9 Å². The molecule has 0 bridgehead atoms. The number of benzene rings is 2. The summed E-state index contributed by atoms with van der Waals surface area (Å²) in [6, 6.07) is 4.83. The topological polar surface area (TPSA) is 46.2 Å². The number of sulfonamides is 1. The first-order valence-electron chi connectivity index (χ1n) is 6.37. The fourth-order valence-electron chi connectivity index (χ4n) is 2.39. The number of rotatable bonds is 3. The third-order valence-corrected chi connectivity index (χ3v) is 4.82. The predicted molar refractivity (Wildman–Crippen MR) is 77.8 cm³/mol. The van der Waals surface area contributed by atoms with E-state index in [1.54, 1.807) is 26.0 Å². The van der Waals surface area contributed by atoms with Gasteiger partial charge in [-0.1, -0.05) is 17.7 Å². The normalized spacial score (nSPS) is 11.5. The zero-order chi connectivity index (χ0) is 16.7. The molecule has 0 aliphatic carbocycles. The monoisotopic (exact) mass is 329 g/mol. The van der Waals surface area contributed by atoms with E-state index in [1.165, 1.54) is 0 Å². The van der Waals surface area contributed by atoms with Crippen molar-refractivity contribution in [2.24, 2.45) is 0 Å². The molecule has 0 aromatic heterocycles. The molecular weight excluding hydrogens is 315 g/mol. The molecule has 22 heavy (non-hydrogen) atoms. The summed E-state index contributed by atoms with van der Waals surface area (Å²) >= 11 is 0. The summed E-state index contributed by atoms with van der Waals surface area (Å²) in [5, 5.41) is 0. The first kappa shape index (κ1) is 16.4. The molecule has 3 nitrogen and oxygen atoms in total. The smallest absolute Gasteiger partial charge is 0.262 e. The van der Waals surface area contributed by atoms with Gasteiger partial charge >= 0.3 is 0 Å². The van der Waals surface area contributed by atoms with Crippen molar-refractivity contribution < 1.29 is 21.6 Å². The number of halogens is 3. The van der Waals surface area contributed by atoms with Gasteiger partial charge in [0.15, 0.2) is 17.5 Å². The van der Waals surface area contributed by atoms with Crippen LogP contribution < -0.4 is 4.72 Å². The predicted octanol–water partition coefficient (Wildman–Crippen LogP) is 3.83. The maximum atomic E-state index is 13.6. The van der Waals surface area contributed by atoms with Gasteiger partial charge in [0.25, 0.3) is 10.0 Å². The minimum atomic E-state index is -4.12. The van der Waals surface area contributed by atoms with Gasteiger partial charge in [-0.25, -0.2) is 21.6 Å². The fourth-order valence-corrected chi connectivity index (χ4v) is 3.91. The SMILES string of the molecule is Cc1cc(C)c(S(=O)(=O)Nc2ccc(F)c(F)c2F)c(C)c1. The summed E-state index contributed by atoms with van der Waals surface area (Å²) in [5.41, 5.74) is 1.20. The highest BCUT2D eigenvalue weighted by Gasteiger charge is 2.23. The van der Waals surface area contributed by atoms with Gasteiger partial charge < -0.3 is 0 Å². The van der Waals surface area contributed by atoms with Crippen LogP contribution in [-0.4, -0.2) is 8.42 Å². The van der Waals surface area contributed by atoms with E-state index in [2.05, 4.69) is 0 Å². The Hall–Kier alpha value is -2.02. The van der Waals surface area contributed by atoms with E-state index in [-0.39, 0.29) is 4.90 Å². The second-order valence-electron chi connectivity index (χ2n) is 5.06. The first-order valence-corrected chi connectivity index (χ1v) is 7.86. The summed E-state index contributed by atoms with van der Waals surface area (Å²) in [5.74, 6) is -4.69. The molecule has 0 fully saturated rings. The van der Waals surface area contributed by atoms with Crippen molar-refractivity contribution >= 4 is 15.7 Å². The number of anilines is 1. The quantitative estimate of drug-likeness (QED) is 0.870. The van der Waals surface area contributed by atoms with Crippen molar-refractivity contribution in [2.75, 3.05) is 4.72 Å². The highest BCUT2D eigenvalue weighted by Crippen LogP contribution is 2.26. The van der Waals surface area contributed by atoms with Crippen LogP contribution in [0.15, 0.2) is 29.2 Å². The number of nitrogens with one attached hydrogen (secondary N) is 1. The molecular formula is C15H14F3NO2S. The van der Waals surface area contributed by atoms with E-state index in [4.69, 9.17) is 0 Å². The lowest BCUT2D eigenvalue weighted by Crippen LogP contribution is -2.17. The van der Waals surface area contributed by atoms with Gasteiger partial charge in [-0.15, -0.1) is 0 Å².